The molecule has 148 valence electrons. The molecule has 6 aromatic rings. The molecule has 3 aromatic heterocycles. The number of para-hydroxylation sites is 2. The molecule has 0 fully saturated rings. The van der Waals surface area contributed by atoms with Crippen LogP contribution < -0.4 is 5.69 Å². The molecule has 5 heteroatoms. The van der Waals surface area contributed by atoms with E-state index >= 15 is 0 Å². The summed E-state index contributed by atoms with van der Waals surface area (Å²) in [6, 6.07) is 26.1. The van der Waals surface area contributed by atoms with Crippen molar-refractivity contribution in [2.45, 2.75) is 0 Å². The predicted molar refractivity (Wildman–Crippen MR) is 125 cm³/mol. The van der Waals surface area contributed by atoms with Gasteiger partial charge in [-0.1, -0.05) is 42.5 Å². The number of rotatable bonds is 2. The third-order valence-corrected chi connectivity index (χ3v) is 5.82. The van der Waals surface area contributed by atoms with Crippen LogP contribution in [0.1, 0.15) is 0 Å². The van der Waals surface area contributed by atoms with Gasteiger partial charge in [0.05, 0.1) is 34.0 Å². The molecular formula is C26H18N4O. The van der Waals surface area contributed by atoms with Crippen molar-refractivity contribution < 1.29 is 0 Å². The lowest BCUT2D eigenvalue weighted by molar-refractivity contribution is 0.846. The number of hydrogen-bond donors (Lipinski definition) is 0. The van der Waals surface area contributed by atoms with E-state index in [0.29, 0.717) is 0 Å². The maximum Gasteiger partial charge on any atom is 0.333 e. The summed E-state index contributed by atoms with van der Waals surface area (Å²) in [6.45, 7) is 0. The van der Waals surface area contributed by atoms with Crippen molar-refractivity contribution in [3.05, 3.63) is 102 Å². The lowest BCUT2D eigenvalue weighted by Crippen LogP contribution is -2.20. The molecule has 0 aliphatic carbocycles. The lowest BCUT2D eigenvalue weighted by Gasteiger charge is -2.08. The Labute approximate surface area is 177 Å². The number of fused-ring (bicyclic) bond motifs is 4. The first-order valence-corrected chi connectivity index (χ1v) is 10.1. The molecule has 0 atom stereocenters. The van der Waals surface area contributed by atoms with Crippen LogP contribution in [0.3, 0.4) is 0 Å². The van der Waals surface area contributed by atoms with Gasteiger partial charge in [0.15, 0.2) is 0 Å². The highest BCUT2D eigenvalue weighted by Gasteiger charge is 2.16. The van der Waals surface area contributed by atoms with Crippen LogP contribution in [-0.4, -0.2) is 19.1 Å². The predicted octanol–water partition coefficient (Wildman–Crippen LogP) is 5.09. The monoisotopic (exact) mass is 402 g/mol. The van der Waals surface area contributed by atoms with Crippen molar-refractivity contribution in [3.8, 4) is 16.8 Å². The average molecular weight is 402 g/mol. The van der Waals surface area contributed by atoms with Crippen LogP contribution in [-0.2, 0) is 7.05 Å². The van der Waals surface area contributed by atoms with Gasteiger partial charge in [-0.3, -0.25) is 19.1 Å². The third kappa shape index (κ3) is 2.67. The second-order valence-corrected chi connectivity index (χ2v) is 7.65. The Kier molecular flexibility index (Phi) is 3.77. The van der Waals surface area contributed by atoms with E-state index in [1.54, 1.807) is 22.4 Å². The highest BCUT2D eigenvalue weighted by molar-refractivity contribution is 6.04. The first kappa shape index (κ1) is 17.6. The minimum Gasteiger partial charge on any atom is -0.293 e. The van der Waals surface area contributed by atoms with Crippen molar-refractivity contribution in [2.75, 3.05) is 0 Å². The maximum atomic E-state index is 13.1. The number of aryl methyl sites for hydroxylation is 1. The van der Waals surface area contributed by atoms with Gasteiger partial charge in [0.2, 0.25) is 0 Å². The number of imidazole rings is 1. The summed E-state index contributed by atoms with van der Waals surface area (Å²) in [4.78, 5) is 22.3. The molecule has 0 unspecified atom stereocenters. The van der Waals surface area contributed by atoms with Crippen LogP contribution in [0, 0.1) is 0 Å². The van der Waals surface area contributed by atoms with Gasteiger partial charge in [0.25, 0.3) is 0 Å². The normalized spacial score (nSPS) is 11.5. The quantitative estimate of drug-likeness (QED) is 0.405. The zero-order valence-electron chi connectivity index (χ0n) is 16.9. The fourth-order valence-corrected chi connectivity index (χ4v) is 4.22. The Balaban J connectivity index is 1.67. The molecule has 6 rings (SSSR count). The van der Waals surface area contributed by atoms with Gasteiger partial charge in [-0.2, -0.15) is 0 Å². The van der Waals surface area contributed by atoms with Crippen LogP contribution in [0.4, 0.5) is 0 Å². The summed E-state index contributed by atoms with van der Waals surface area (Å²) >= 11 is 0. The first-order valence-electron chi connectivity index (χ1n) is 10.1. The van der Waals surface area contributed by atoms with Crippen LogP contribution >= 0.6 is 0 Å². The van der Waals surface area contributed by atoms with Crippen LogP contribution in [0.5, 0.6) is 0 Å². The second-order valence-electron chi connectivity index (χ2n) is 7.65. The van der Waals surface area contributed by atoms with Crippen molar-refractivity contribution in [2.24, 2.45) is 7.05 Å². The summed E-state index contributed by atoms with van der Waals surface area (Å²) < 4.78 is 3.42. The minimum atomic E-state index is -0.0896. The number of hydrogen-bond acceptors (Lipinski definition) is 3. The SMILES string of the molecule is Cn1c(=O)n(-c2ccccc2)c2c3cc(-c4cnc5ccccc5c4)ccc3ncc21. The zero-order valence-corrected chi connectivity index (χ0v) is 16.9. The Morgan fingerprint density at radius 3 is 2.39 bits per heavy atom. The molecule has 5 nitrogen and oxygen atoms in total. The van der Waals surface area contributed by atoms with E-state index in [1.807, 2.05) is 60.8 Å². The molecule has 0 aliphatic rings. The molecular weight excluding hydrogens is 384 g/mol. The Bertz CT molecular complexity index is 1660. The van der Waals surface area contributed by atoms with Gasteiger partial charge < -0.3 is 0 Å². The molecule has 31 heavy (non-hydrogen) atoms. The summed E-state index contributed by atoms with van der Waals surface area (Å²) in [7, 11) is 1.79. The fraction of sp³-hybridized carbons (Fsp3) is 0.0385. The van der Waals surface area contributed by atoms with E-state index in [1.165, 1.54) is 0 Å². The largest absolute Gasteiger partial charge is 0.333 e. The highest BCUT2D eigenvalue weighted by Crippen LogP contribution is 2.30. The molecule has 3 aromatic carbocycles. The minimum absolute atomic E-state index is 0.0896. The van der Waals surface area contributed by atoms with Crippen molar-refractivity contribution in [1.29, 1.82) is 0 Å². The molecule has 0 radical (unpaired) electrons. The molecule has 0 saturated heterocycles. The van der Waals surface area contributed by atoms with E-state index in [4.69, 9.17) is 0 Å². The van der Waals surface area contributed by atoms with Crippen molar-refractivity contribution in [3.63, 3.8) is 0 Å². The molecule has 3 heterocycles. The number of nitrogens with zero attached hydrogens (tertiary/aromatic N) is 4. The van der Waals surface area contributed by atoms with Gasteiger partial charge >= 0.3 is 5.69 Å². The number of pyridine rings is 2. The van der Waals surface area contributed by atoms with Gasteiger partial charge in [-0.25, -0.2) is 4.79 Å². The molecule has 0 amide bonds. The van der Waals surface area contributed by atoms with Gasteiger partial charge in [-0.15, -0.1) is 0 Å². The average Bonchev–Trinajstić information content (AvgIpc) is 3.09. The number of aromatic nitrogens is 4. The highest BCUT2D eigenvalue weighted by atomic mass is 16.1. The zero-order chi connectivity index (χ0) is 20.9. The topological polar surface area (TPSA) is 52.7 Å². The van der Waals surface area contributed by atoms with E-state index in [2.05, 4.69) is 34.2 Å². The Morgan fingerprint density at radius 1 is 0.742 bits per heavy atom. The summed E-state index contributed by atoms with van der Waals surface area (Å²) in [5, 5.41) is 2.03. The van der Waals surface area contributed by atoms with Crippen LogP contribution in [0.25, 0.3) is 49.7 Å². The molecule has 0 spiro atoms. The van der Waals surface area contributed by atoms with Crippen LogP contribution in [0.15, 0.2) is 96.1 Å². The summed E-state index contributed by atoms with van der Waals surface area (Å²) in [6.07, 6.45) is 3.67. The summed E-state index contributed by atoms with van der Waals surface area (Å²) in [5.74, 6) is 0. The van der Waals surface area contributed by atoms with Gasteiger partial charge in [0, 0.05) is 29.6 Å². The maximum absolute atomic E-state index is 13.1. The third-order valence-electron chi connectivity index (χ3n) is 5.82. The first-order chi connectivity index (χ1) is 15.2. The molecule has 0 aliphatic heterocycles. The standard InChI is InChI=1S/C26H18N4O/c1-29-24-16-28-23-12-11-17(19-13-18-7-5-6-10-22(18)27-15-19)14-21(23)25(24)30(26(29)31)20-8-3-2-4-9-20/h2-16H,1H3. The molecule has 0 N–H and O–H groups in total. The Hall–Kier alpha value is -4.25. The molecule has 0 bridgehead atoms. The van der Waals surface area contributed by atoms with Crippen molar-refractivity contribution in [1.82, 2.24) is 19.1 Å². The second kappa shape index (κ2) is 6.64. The van der Waals surface area contributed by atoms with Gasteiger partial charge in [0.1, 0.15) is 0 Å². The van der Waals surface area contributed by atoms with E-state index in [9.17, 15) is 4.79 Å². The fourth-order valence-electron chi connectivity index (χ4n) is 4.22. The lowest BCUT2D eigenvalue weighted by atomic mass is 10.0. The summed E-state index contributed by atoms with van der Waals surface area (Å²) in [5.41, 5.74) is 6.29. The van der Waals surface area contributed by atoms with E-state index in [0.717, 1.165) is 49.7 Å². The van der Waals surface area contributed by atoms with Crippen molar-refractivity contribution >= 4 is 32.8 Å². The van der Waals surface area contributed by atoms with Gasteiger partial charge in [-0.05, 0) is 42.0 Å². The smallest absolute Gasteiger partial charge is 0.293 e. The van der Waals surface area contributed by atoms with Crippen LogP contribution in [0.2, 0.25) is 0 Å². The van der Waals surface area contributed by atoms with E-state index in [-0.39, 0.29) is 5.69 Å². The Morgan fingerprint density at radius 2 is 1.52 bits per heavy atom. The number of benzene rings is 3. The molecule has 0 saturated carbocycles. The van der Waals surface area contributed by atoms with E-state index < -0.39 is 0 Å².